The predicted octanol–water partition coefficient (Wildman–Crippen LogP) is 5.65. The Hall–Kier alpha value is -2.32. The maximum absolute atomic E-state index is 13.1. The fourth-order valence-electron chi connectivity index (χ4n) is 3.75. The molecule has 0 saturated carbocycles. The van der Waals surface area contributed by atoms with Crippen molar-refractivity contribution in [3.8, 4) is 5.75 Å². The lowest BCUT2D eigenvalue weighted by Crippen LogP contribution is -2.42. The second kappa shape index (κ2) is 10.1. The molecule has 0 radical (unpaired) electrons. The number of hydrogen-bond donors (Lipinski definition) is 0. The standard InChI is InChI=1S/C25H34ClN3O4S/c1-24(2,3)20-15-28(14-17-9-8-12-29(17)23(31)33-25(4,5)6)22(34-20)27-21(30)18-13-16(26)10-11-19(18)32-7/h10-11,13,15,17H,8-9,12,14H2,1-7H3/b27-22-/t17-/m0/s1. The zero-order chi connectivity index (χ0) is 25.3. The van der Waals surface area contributed by atoms with Crippen LogP contribution in [0.1, 0.15) is 69.6 Å². The minimum atomic E-state index is -0.553. The van der Waals surface area contributed by atoms with Gasteiger partial charge in [0.25, 0.3) is 5.91 Å². The lowest BCUT2D eigenvalue weighted by atomic mass is 9.95. The zero-order valence-corrected chi connectivity index (χ0v) is 22.5. The second-order valence-electron chi connectivity index (χ2n) is 10.5. The highest BCUT2D eigenvalue weighted by molar-refractivity contribution is 7.09. The van der Waals surface area contributed by atoms with E-state index < -0.39 is 11.5 Å². The number of ether oxygens (including phenoxy) is 2. The number of aromatic nitrogens is 1. The van der Waals surface area contributed by atoms with Crippen molar-refractivity contribution in [2.75, 3.05) is 13.7 Å². The van der Waals surface area contributed by atoms with Gasteiger partial charge < -0.3 is 18.9 Å². The normalized spacial score (nSPS) is 17.2. The molecule has 186 valence electrons. The van der Waals surface area contributed by atoms with Crippen LogP contribution >= 0.6 is 22.9 Å². The Morgan fingerprint density at radius 3 is 2.53 bits per heavy atom. The molecule has 0 bridgehead atoms. The van der Waals surface area contributed by atoms with Crippen molar-refractivity contribution in [1.82, 2.24) is 9.47 Å². The van der Waals surface area contributed by atoms with Crippen LogP contribution in [0.3, 0.4) is 0 Å². The van der Waals surface area contributed by atoms with Crippen molar-refractivity contribution in [3.63, 3.8) is 0 Å². The van der Waals surface area contributed by atoms with Gasteiger partial charge in [-0.15, -0.1) is 11.3 Å². The van der Waals surface area contributed by atoms with Gasteiger partial charge in [-0.3, -0.25) is 4.79 Å². The molecular weight excluding hydrogens is 474 g/mol. The zero-order valence-electron chi connectivity index (χ0n) is 21.0. The van der Waals surface area contributed by atoms with Crippen LogP contribution < -0.4 is 9.54 Å². The molecule has 2 aromatic rings. The molecule has 1 aromatic heterocycles. The summed E-state index contributed by atoms with van der Waals surface area (Å²) in [6.45, 7) is 13.2. The summed E-state index contributed by atoms with van der Waals surface area (Å²) in [5.41, 5.74) is -0.358. The van der Waals surface area contributed by atoms with Gasteiger partial charge in [-0.25, -0.2) is 4.79 Å². The molecule has 1 fully saturated rings. The van der Waals surface area contributed by atoms with Gasteiger partial charge >= 0.3 is 6.09 Å². The molecule has 0 N–H and O–H groups in total. The minimum absolute atomic E-state index is 0.0352. The van der Waals surface area contributed by atoms with Crippen LogP contribution in [-0.4, -0.2) is 46.8 Å². The van der Waals surface area contributed by atoms with Gasteiger partial charge in [0, 0.05) is 29.2 Å². The van der Waals surface area contributed by atoms with Gasteiger partial charge in [-0.2, -0.15) is 4.99 Å². The molecule has 1 saturated heterocycles. The van der Waals surface area contributed by atoms with Crippen molar-refractivity contribution in [3.05, 3.63) is 44.7 Å². The topological polar surface area (TPSA) is 73.1 Å². The number of amides is 2. The molecule has 1 aliphatic rings. The third kappa shape index (κ3) is 6.42. The molecule has 0 unspecified atom stereocenters. The van der Waals surface area contributed by atoms with Crippen LogP contribution in [-0.2, 0) is 16.7 Å². The smallest absolute Gasteiger partial charge is 0.410 e. The number of carbonyl (C=O) groups excluding carboxylic acids is 2. The Balaban J connectivity index is 1.97. The number of likely N-dealkylation sites (tertiary alicyclic amines) is 1. The maximum atomic E-state index is 13.1. The van der Waals surface area contributed by atoms with Crippen molar-refractivity contribution < 1.29 is 19.1 Å². The van der Waals surface area contributed by atoms with Gasteiger partial charge in [-0.05, 0) is 57.2 Å². The number of nitrogens with zero attached hydrogens (tertiary/aromatic N) is 3. The molecule has 9 heteroatoms. The van der Waals surface area contributed by atoms with Crippen molar-refractivity contribution in [1.29, 1.82) is 0 Å². The van der Waals surface area contributed by atoms with Crippen molar-refractivity contribution in [2.24, 2.45) is 4.99 Å². The molecular formula is C25H34ClN3O4S. The van der Waals surface area contributed by atoms with E-state index in [4.69, 9.17) is 21.1 Å². The van der Waals surface area contributed by atoms with E-state index >= 15 is 0 Å². The monoisotopic (exact) mass is 507 g/mol. The van der Waals surface area contributed by atoms with Crippen LogP contribution in [0.2, 0.25) is 5.02 Å². The molecule has 1 aliphatic heterocycles. The largest absolute Gasteiger partial charge is 0.496 e. The first kappa shape index (κ1) is 26.3. The summed E-state index contributed by atoms with van der Waals surface area (Å²) in [7, 11) is 1.51. The highest BCUT2D eigenvalue weighted by Crippen LogP contribution is 2.27. The van der Waals surface area contributed by atoms with Crippen LogP contribution in [0.15, 0.2) is 29.4 Å². The summed E-state index contributed by atoms with van der Waals surface area (Å²) < 4.78 is 12.9. The molecule has 2 heterocycles. The number of hydrogen-bond acceptors (Lipinski definition) is 5. The third-order valence-corrected chi connectivity index (χ3v) is 7.14. The molecule has 2 amide bonds. The summed E-state index contributed by atoms with van der Waals surface area (Å²) in [6.07, 6.45) is 3.51. The number of halogens is 1. The Kier molecular flexibility index (Phi) is 7.82. The number of methoxy groups -OCH3 is 1. The fourth-order valence-corrected chi connectivity index (χ4v) is 4.98. The summed E-state index contributed by atoms with van der Waals surface area (Å²) >= 11 is 7.60. The average Bonchev–Trinajstić information content (AvgIpc) is 3.34. The minimum Gasteiger partial charge on any atom is -0.496 e. The molecule has 0 spiro atoms. The van der Waals surface area contributed by atoms with Gasteiger partial charge in [0.2, 0.25) is 0 Å². The number of benzene rings is 1. The van der Waals surface area contributed by atoms with Gasteiger partial charge in [0.1, 0.15) is 11.4 Å². The summed E-state index contributed by atoms with van der Waals surface area (Å²) in [5, 5.41) is 0.438. The van der Waals surface area contributed by atoms with E-state index in [0.29, 0.717) is 34.2 Å². The predicted molar refractivity (Wildman–Crippen MR) is 135 cm³/mol. The van der Waals surface area contributed by atoms with Gasteiger partial charge in [0.05, 0.1) is 18.7 Å². The van der Waals surface area contributed by atoms with Crippen molar-refractivity contribution in [2.45, 2.75) is 78.0 Å². The summed E-state index contributed by atoms with van der Waals surface area (Å²) in [4.78, 5) is 33.8. The van der Waals surface area contributed by atoms with Crippen LogP contribution in [0.4, 0.5) is 4.79 Å². The lowest BCUT2D eigenvalue weighted by Gasteiger charge is -2.28. The molecule has 34 heavy (non-hydrogen) atoms. The van der Waals surface area contributed by atoms with Crippen molar-refractivity contribution >= 4 is 34.9 Å². The second-order valence-corrected chi connectivity index (χ2v) is 12.0. The van der Waals surface area contributed by atoms with E-state index in [-0.39, 0.29) is 17.6 Å². The number of carbonyl (C=O) groups is 2. The first-order valence-corrected chi connectivity index (χ1v) is 12.6. The Morgan fingerprint density at radius 2 is 1.91 bits per heavy atom. The molecule has 1 atom stereocenters. The molecule has 1 aromatic carbocycles. The maximum Gasteiger partial charge on any atom is 0.410 e. The Morgan fingerprint density at radius 1 is 1.21 bits per heavy atom. The highest BCUT2D eigenvalue weighted by atomic mass is 35.5. The fraction of sp³-hybridized carbons (Fsp3) is 0.560. The van der Waals surface area contributed by atoms with E-state index in [9.17, 15) is 9.59 Å². The lowest BCUT2D eigenvalue weighted by molar-refractivity contribution is 0.0213. The SMILES string of the molecule is COc1ccc(Cl)cc1C(=O)/N=c1\sc(C(C)(C)C)cn1C[C@@H]1CCCN1C(=O)OC(C)(C)C. The van der Waals surface area contributed by atoms with E-state index in [1.165, 1.54) is 18.4 Å². The molecule has 0 aliphatic carbocycles. The number of rotatable bonds is 4. The van der Waals surface area contributed by atoms with Gasteiger partial charge in [-0.1, -0.05) is 32.4 Å². The first-order valence-electron chi connectivity index (χ1n) is 11.4. The summed E-state index contributed by atoms with van der Waals surface area (Å²) in [5.74, 6) is -0.00461. The quantitative estimate of drug-likeness (QED) is 0.536. The average molecular weight is 508 g/mol. The van der Waals surface area contributed by atoms with E-state index in [1.807, 2.05) is 31.5 Å². The van der Waals surface area contributed by atoms with Crippen LogP contribution in [0, 0.1) is 0 Å². The Labute approximate surface area is 210 Å². The van der Waals surface area contributed by atoms with E-state index in [1.54, 1.807) is 23.1 Å². The van der Waals surface area contributed by atoms with Crippen LogP contribution in [0.25, 0.3) is 0 Å². The highest BCUT2D eigenvalue weighted by Gasteiger charge is 2.33. The van der Waals surface area contributed by atoms with Gasteiger partial charge in [0.15, 0.2) is 4.80 Å². The molecule has 7 nitrogen and oxygen atoms in total. The van der Waals surface area contributed by atoms with E-state index in [0.717, 1.165) is 17.7 Å². The first-order chi connectivity index (χ1) is 15.8. The van der Waals surface area contributed by atoms with Crippen LogP contribution in [0.5, 0.6) is 5.75 Å². The Bertz CT molecular complexity index is 1120. The molecule has 3 rings (SSSR count). The summed E-state index contributed by atoms with van der Waals surface area (Å²) in [6, 6.07) is 4.86. The third-order valence-electron chi connectivity index (χ3n) is 5.46. The number of thiazole rings is 1. The van der Waals surface area contributed by atoms with E-state index in [2.05, 4.69) is 25.8 Å².